The Balaban J connectivity index is 1.44. The standard InChI is InChI=1S/C26H28N2O5S2/c1-18-8-12-23-20(16-18)10-13-24(28-23)25(29)14-15-27-35(32,33)26-17-22(11-9-19(26)2)34(30,31)21-6-4-3-5-7-21/h3-9,11-12,16-17,24,27-28H,10,13-15H2,1-2H3. The predicted octanol–water partition coefficient (Wildman–Crippen LogP) is 3.80. The number of rotatable bonds is 8. The topological polar surface area (TPSA) is 109 Å². The van der Waals surface area contributed by atoms with Gasteiger partial charge in [0.1, 0.15) is 0 Å². The second-order valence-electron chi connectivity index (χ2n) is 8.75. The first-order valence-corrected chi connectivity index (χ1v) is 14.3. The molecule has 4 rings (SSSR count). The lowest BCUT2D eigenvalue weighted by molar-refractivity contribution is -0.119. The van der Waals surface area contributed by atoms with Crippen LogP contribution < -0.4 is 10.0 Å². The van der Waals surface area contributed by atoms with Gasteiger partial charge >= 0.3 is 0 Å². The molecule has 1 heterocycles. The second-order valence-corrected chi connectivity index (χ2v) is 12.4. The zero-order valence-corrected chi connectivity index (χ0v) is 21.2. The van der Waals surface area contributed by atoms with Gasteiger partial charge in [-0.1, -0.05) is 42.0 Å². The van der Waals surface area contributed by atoms with Crippen molar-refractivity contribution >= 4 is 31.3 Å². The normalized spacial score (nSPS) is 15.8. The summed E-state index contributed by atoms with van der Waals surface area (Å²) in [6, 6.07) is 17.6. The smallest absolute Gasteiger partial charge is 0.240 e. The number of nitrogens with one attached hydrogen (secondary N) is 2. The van der Waals surface area contributed by atoms with Crippen molar-refractivity contribution in [3.63, 3.8) is 0 Å². The number of carbonyl (C=O) groups is 1. The Labute approximate surface area is 206 Å². The second kappa shape index (κ2) is 9.93. The van der Waals surface area contributed by atoms with Gasteiger partial charge in [0.05, 0.1) is 20.7 Å². The lowest BCUT2D eigenvalue weighted by Gasteiger charge is -2.26. The molecule has 0 amide bonds. The molecule has 0 saturated heterocycles. The minimum absolute atomic E-state index is 0.0269. The van der Waals surface area contributed by atoms with Crippen LogP contribution in [0.1, 0.15) is 29.5 Å². The van der Waals surface area contributed by atoms with Crippen molar-refractivity contribution in [3.8, 4) is 0 Å². The summed E-state index contributed by atoms with van der Waals surface area (Å²) >= 11 is 0. The van der Waals surface area contributed by atoms with E-state index in [1.807, 2.05) is 19.1 Å². The first kappa shape index (κ1) is 25.1. The van der Waals surface area contributed by atoms with Gasteiger partial charge in [-0.15, -0.1) is 0 Å². The molecule has 0 fully saturated rings. The van der Waals surface area contributed by atoms with E-state index in [9.17, 15) is 21.6 Å². The number of ketones is 1. The van der Waals surface area contributed by atoms with Gasteiger partial charge in [-0.3, -0.25) is 4.79 Å². The van der Waals surface area contributed by atoms with Gasteiger partial charge in [0.15, 0.2) is 5.78 Å². The molecule has 7 nitrogen and oxygen atoms in total. The molecule has 3 aromatic carbocycles. The van der Waals surface area contributed by atoms with E-state index in [0.29, 0.717) is 12.0 Å². The quantitative estimate of drug-likeness (QED) is 0.475. The first-order valence-electron chi connectivity index (χ1n) is 11.4. The zero-order chi connectivity index (χ0) is 25.2. The third-order valence-corrected chi connectivity index (χ3v) is 9.53. The van der Waals surface area contributed by atoms with Crippen LogP contribution in [-0.4, -0.2) is 35.2 Å². The highest BCUT2D eigenvalue weighted by molar-refractivity contribution is 7.91. The number of anilines is 1. The molecule has 1 aliphatic rings. The van der Waals surface area contributed by atoms with Crippen LogP contribution in [0.15, 0.2) is 81.4 Å². The van der Waals surface area contributed by atoms with Crippen LogP contribution in [0.5, 0.6) is 0 Å². The number of hydrogen-bond donors (Lipinski definition) is 2. The fourth-order valence-electron chi connectivity index (χ4n) is 4.20. The van der Waals surface area contributed by atoms with E-state index in [1.54, 1.807) is 25.1 Å². The molecule has 0 saturated carbocycles. The molecule has 2 N–H and O–H groups in total. The van der Waals surface area contributed by atoms with Crippen LogP contribution in [0.25, 0.3) is 0 Å². The Bertz CT molecular complexity index is 1470. The van der Waals surface area contributed by atoms with Crippen molar-refractivity contribution in [2.45, 2.75) is 53.8 Å². The summed E-state index contributed by atoms with van der Waals surface area (Å²) in [6.45, 7) is 3.55. The van der Waals surface area contributed by atoms with Crippen molar-refractivity contribution < 1.29 is 21.6 Å². The highest BCUT2D eigenvalue weighted by Crippen LogP contribution is 2.27. The molecule has 3 aromatic rings. The predicted molar refractivity (Wildman–Crippen MR) is 135 cm³/mol. The number of benzene rings is 3. The third kappa shape index (κ3) is 5.47. The van der Waals surface area contributed by atoms with Gasteiger partial charge in [-0.25, -0.2) is 21.6 Å². The molecule has 0 radical (unpaired) electrons. The van der Waals surface area contributed by atoms with E-state index in [2.05, 4.69) is 16.1 Å². The van der Waals surface area contributed by atoms with Gasteiger partial charge < -0.3 is 5.32 Å². The van der Waals surface area contributed by atoms with Crippen LogP contribution in [0.4, 0.5) is 5.69 Å². The molecule has 0 aliphatic carbocycles. The maximum Gasteiger partial charge on any atom is 0.240 e. The van der Waals surface area contributed by atoms with Crippen LogP contribution in [0, 0.1) is 13.8 Å². The highest BCUT2D eigenvalue weighted by Gasteiger charge is 2.26. The SMILES string of the molecule is Cc1ccc2c(c1)CCC(C(=O)CCNS(=O)(=O)c1cc(S(=O)(=O)c3ccccc3)ccc1C)N2. The van der Waals surface area contributed by atoms with E-state index in [4.69, 9.17) is 0 Å². The van der Waals surface area contributed by atoms with Crippen LogP contribution in [-0.2, 0) is 31.1 Å². The van der Waals surface area contributed by atoms with Crippen molar-refractivity contribution in [2.75, 3.05) is 11.9 Å². The van der Waals surface area contributed by atoms with Crippen LogP contribution in [0.2, 0.25) is 0 Å². The summed E-state index contributed by atoms with van der Waals surface area (Å²) in [5, 5.41) is 3.26. The van der Waals surface area contributed by atoms with Gasteiger partial charge in [-0.2, -0.15) is 0 Å². The minimum Gasteiger partial charge on any atom is -0.375 e. The Morgan fingerprint density at radius 2 is 1.69 bits per heavy atom. The summed E-state index contributed by atoms with van der Waals surface area (Å²) in [7, 11) is -7.89. The maximum absolute atomic E-state index is 13.0. The summed E-state index contributed by atoms with van der Waals surface area (Å²) in [6.07, 6.45) is 1.47. The largest absolute Gasteiger partial charge is 0.375 e. The van der Waals surface area contributed by atoms with Crippen molar-refractivity contribution in [1.29, 1.82) is 0 Å². The van der Waals surface area contributed by atoms with Crippen LogP contribution in [0.3, 0.4) is 0 Å². The van der Waals surface area contributed by atoms with E-state index in [1.165, 1.54) is 41.5 Å². The van der Waals surface area contributed by atoms with E-state index < -0.39 is 19.9 Å². The fraction of sp³-hybridized carbons (Fsp3) is 0.269. The molecular weight excluding hydrogens is 484 g/mol. The van der Waals surface area contributed by atoms with Crippen molar-refractivity contribution in [3.05, 3.63) is 83.4 Å². The maximum atomic E-state index is 13.0. The van der Waals surface area contributed by atoms with Gasteiger partial charge in [-0.05, 0) is 68.1 Å². The lowest BCUT2D eigenvalue weighted by Crippen LogP contribution is -2.36. The average Bonchev–Trinajstić information content (AvgIpc) is 2.84. The van der Waals surface area contributed by atoms with Crippen molar-refractivity contribution in [2.24, 2.45) is 0 Å². The van der Waals surface area contributed by atoms with Crippen LogP contribution >= 0.6 is 0 Å². The summed E-state index contributed by atoms with van der Waals surface area (Å²) in [5.41, 5.74) is 3.70. The third-order valence-electron chi connectivity index (χ3n) is 6.16. The Kier molecular flexibility index (Phi) is 7.12. The highest BCUT2D eigenvalue weighted by atomic mass is 32.2. The lowest BCUT2D eigenvalue weighted by atomic mass is 9.93. The molecule has 9 heteroatoms. The summed E-state index contributed by atoms with van der Waals surface area (Å²) in [4.78, 5) is 12.6. The number of sulfonamides is 1. The zero-order valence-electron chi connectivity index (χ0n) is 19.6. The minimum atomic E-state index is -4.02. The number of Topliss-reactive ketones (excluding diaryl/α,β-unsaturated/α-hetero) is 1. The van der Waals surface area contributed by atoms with Gasteiger partial charge in [0.25, 0.3) is 0 Å². The molecule has 0 spiro atoms. The molecule has 0 aromatic heterocycles. The number of aryl methyl sites for hydroxylation is 3. The average molecular weight is 513 g/mol. The fourth-order valence-corrected chi connectivity index (χ4v) is 6.89. The van der Waals surface area contributed by atoms with E-state index >= 15 is 0 Å². The Morgan fingerprint density at radius 3 is 2.43 bits per heavy atom. The Morgan fingerprint density at radius 1 is 0.943 bits per heavy atom. The number of fused-ring (bicyclic) bond motifs is 1. The van der Waals surface area contributed by atoms with E-state index in [-0.39, 0.29) is 39.5 Å². The monoisotopic (exact) mass is 512 g/mol. The van der Waals surface area contributed by atoms with Gasteiger partial charge in [0.2, 0.25) is 19.9 Å². The summed E-state index contributed by atoms with van der Waals surface area (Å²) < 4.78 is 54.3. The van der Waals surface area contributed by atoms with Gasteiger partial charge in [0, 0.05) is 18.7 Å². The Hall–Kier alpha value is -3.01. The molecule has 184 valence electrons. The first-order chi connectivity index (χ1) is 16.6. The number of sulfone groups is 1. The number of carbonyl (C=O) groups excluding carboxylic acids is 1. The van der Waals surface area contributed by atoms with Crippen molar-refractivity contribution in [1.82, 2.24) is 4.72 Å². The molecule has 1 unspecified atom stereocenters. The summed E-state index contributed by atoms with van der Waals surface area (Å²) in [5.74, 6) is -0.0731. The molecule has 1 atom stereocenters. The molecule has 1 aliphatic heterocycles. The van der Waals surface area contributed by atoms with E-state index in [0.717, 1.165) is 12.1 Å². The molecule has 35 heavy (non-hydrogen) atoms. The molecular formula is C26H28N2O5S2. The molecule has 0 bridgehead atoms. The number of hydrogen-bond acceptors (Lipinski definition) is 6.